The van der Waals surface area contributed by atoms with Gasteiger partial charge in [0.25, 0.3) is 0 Å². The van der Waals surface area contributed by atoms with Crippen LogP contribution in [-0.4, -0.2) is 15.3 Å². The van der Waals surface area contributed by atoms with Crippen molar-refractivity contribution in [1.82, 2.24) is 10.2 Å². The minimum atomic E-state index is -0.999. The van der Waals surface area contributed by atoms with E-state index < -0.39 is 11.9 Å². The number of rotatable bonds is 2. The first-order valence-electron chi connectivity index (χ1n) is 4.31. The number of hydrogen-bond acceptors (Lipinski definition) is 2. The fraction of sp³-hybridized carbons (Fsp3) is 0.100. The number of aliphatic hydroxyl groups excluding tert-OH is 1. The number of nitrogens with one attached hydrogen (secondary N) is 1. The van der Waals surface area contributed by atoms with Crippen LogP contribution in [-0.2, 0) is 0 Å². The summed E-state index contributed by atoms with van der Waals surface area (Å²) < 4.78 is 13.9. The molecule has 2 rings (SSSR count). The van der Waals surface area contributed by atoms with E-state index in [4.69, 9.17) is 0 Å². The lowest BCUT2D eigenvalue weighted by Crippen LogP contribution is -2.01. The molecule has 1 unspecified atom stereocenters. The Kier molecular flexibility index (Phi) is 2.83. The summed E-state index contributed by atoms with van der Waals surface area (Å²) in [5, 5.41) is 16.1. The molecule has 3 nitrogen and oxygen atoms in total. The molecule has 0 aliphatic carbocycles. The van der Waals surface area contributed by atoms with Crippen molar-refractivity contribution in [3.63, 3.8) is 0 Å². The van der Waals surface area contributed by atoms with Gasteiger partial charge in [-0.25, -0.2) is 4.39 Å². The highest BCUT2D eigenvalue weighted by molar-refractivity contribution is 9.10. The molecule has 1 aromatic carbocycles. The molecule has 0 bridgehead atoms. The van der Waals surface area contributed by atoms with Crippen LogP contribution >= 0.6 is 15.9 Å². The lowest BCUT2D eigenvalue weighted by atomic mass is 10.0. The maximum atomic E-state index is 13.6. The summed E-state index contributed by atoms with van der Waals surface area (Å²) in [5.41, 5.74) is 0.762. The topological polar surface area (TPSA) is 48.9 Å². The molecular formula is C10H8BrFN2O. The molecule has 1 atom stereocenters. The normalized spacial score (nSPS) is 12.7. The summed E-state index contributed by atoms with van der Waals surface area (Å²) in [6.07, 6.45) is 2.00. The Morgan fingerprint density at radius 3 is 2.93 bits per heavy atom. The third-order valence-corrected chi connectivity index (χ3v) is 2.72. The molecule has 0 saturated heterocycles. The molecule has 0 aliphatic heterocycles. The van der Waals surface area contributed by atoms with Crippen LogP contribution in [0.15, 0.2) is 35.1 Å². The van der Waals surface area contributed by atoms with E-state index in [-0.39, 0.29) is 5.56 Å². The first-order chi connectivity index (χ1) is 7.20. The van der Waals surface area contributed by atoms with Gasteiger partial charge >= 0.3 is 0 Å². The second-order valence-corrected chi connectivity index (χ2v) is 3.93. The molecule has 2 N–H and O–H groups in total. The molecule has 0 fully saturated rings. The number of H-pyrrole nitrogens is 1. The number of nitrogens with zero attached hydrogens (tertiary/aromatic N) is 1. The lowest BCUT2D eigenvalue weighted by molar-refractivity contribution is 0.215. The maximum Gasteiger partial charge on any atom is 0.143 e. The van der Waals surface area contributed by atoms with Gasteiger partial charge in [-0.1, -0.05) is 12.1 Å². The fourth-order valence-corrected chi connectivity index (χ4v) is 1.70. The van der Waals surface area contributed by atoms with Gasteiger partial charge in [0, 0.05) is 17.3 Å². The Bertz CT molecular complexity index is 458. The van der Waals surface area contributed by atoms with E-state index in [1.807, 2.05) is 0 Å². The van der Waals surface area contributed by atoms with E-state index in [2.05, 4.69) is 26.1 Å². The van der Waals surface area contributed by atoms with Crippen molar-refractivity contribution < 1.29 is 9.50 Å². The maximum absolute atomic E-state index is 13.6. The second kappa shape index (κ2) is 4.12. The largest absolute Gasteiger partial charge is 0.383 e. The predicted molar refractivity (Wildman–Crippen MR) is 56.7 cm³/mol. The SMILES string of the molecule is OC(c1cn[nH]c1)c1cccc(Br)c1F. The molecule has 0 spiro atoms. The Hall–Kier alpha value is -1.20. The number of aromatic nitrogens is 2. The number of aliphatic hydroxyl groups is 1. The van der Waals surface area contributed by atoms with Gasteiger partial charge in [0.15, 0.2) is 0 Å². The van der Waals surface area contributed by atoms with Gasteiger partial charge in [-0.05, 0) is 22.0 Å². The molecule has 1 aromatic heterocycles. The van der Waals surface area contributed by atoms with Gasteiger partial charge in [-0.15, -0.1) is 0 Å². The summed E-state index contributed by atoms with van der Waals surface area (Å²) in [7, 11) is 0. The Morgan fingerprint density at radius 1 is 1.47 bits per heavy atom. The highest BCUT2D eigenvalue weighted by Gasteiger charge is 2.17. The first-order valence-corrected chi connectivity index (χ1v) is 5.10. The molecular weight excluding hydrogens is 263 g/mol. The van der Waals surface area contributed by atoms with Gasteiger partial charge in [0.05, 0.1) is 10.7 Å². The van der Waals surface area contributed by atoms with Crippen LogP contribution in [0, 0.1) is 5.82 Å². The van der Waals surface area contributed by atoms with Gasteiger partial charge < -0.3 is 5.11 Å². The Balaban J connectivity index is 2.42. The quantitative estimate of drug-likeness (QED) is 0.881. The van der Waals surface area contributed by atoms with Gasteiger partial charge in [-0.3, -0.25) is 5.10 Å². The summed E-state index contributed by atoms with van der Waals surface area (Å²) in [6.45, 7) is 0. The van der Waals surface area contributed by atoms with E-state index in [0.717, 1.165) is 0 Å². The standard InChI is InChI=1S/C10H8BrFN2O/c11-8-3-1-2-7(9(8)12)10(15)6-4-13-14-5-6/h1-5,10,15H,(H,13,14). The highest BCUT2D eigenvalue weighted by Crippen LogP contribution is 2.27. The summed E-state index contributed by atoms with van der Waals surface area (Å²) >= 11 is 3.07. The van der Waals surface area contributed by atoms with E-state index in [1.165, 1.54) is 18.5 Å². The molecule has 5 heteroatoms. The van der Waals surface area contributed by atoms with E-state index in [0.29, 0.717) is 10.0 Å². The average Bonchev–Trinajstić information content (AvgIpc) is 2.74. The van der Waals surface area contributed by atoms with Crippen molar-refractivity contribution in [2.45, 2.75) is 6.10 Å². The predicted octanol–water partition coefficient (Wildman–Crippen LogP) is 2.39. The first kappa shape index (κ1) is 10.3. The van der Waals surface area contributed by atoms with Crippen molar-refractivity contribution >= 4 is 15.9 Å². The minimum Gasteiger partial charge on any atom is -0.383 e. The molecule has 78 valence electrons. The third kappa shape index (κ3) is 1.93. The van der Waals surface area contributed by atoms with Crippen molar-refractivity contribution in [3.8, 4) is 0 Å². The molecule has 2 aromatic rings. The molecule has 1 heterocycles. The molecule has 15 heavy (non-hydrogen) atoms. The van der Waals surface area contributed by atoms with Crippen LogP contribution in [0.3, 0.4) is 0 Å². The van der Waals surface area contributed by atoms with Crippen LogP contribution in [0.25, 0.3) is 0 Å². The Morgan fingerprint density at radius 2 is 2.27 bits per heavy atom. The van der Waals surface area contributed by atoms with Crippen molar-refractivity contribution in [3.05, 3.63) is 52.0 Å². The smallest absolute Gasteiger partial charge is 0.143 e. The molecule has 0 radical (unpaired) electrons. The van der Waals surface area contributed by atoms with E-state index >= 15 is 0 Å². The average molecular weight is 271 g/mol. The zero-order valence-electron chi connectivity index (χ0n) is 7.61. The molecule has 0 aliphatic rings. The minimum absolute atomic E-state index is 0.228. The van der Waals surface area contributed by atoms with Gasteiger partial charge in [0.1, 0.15) is 11.9 Å². The lowest BCUT2D eigenvalue weighted by Gasteiger charge is -2.10. The number of halogens is 2. The summed E-state index contributed by atoms with van der Waals surface area (Å²) in [5.74, 6) is -0.453. The third-order valence-electron chi connectivity index (χ3n) is 2.11. The zero-order chi connectivity index (χ0) is 10.8. The zero-order valence-corrected chi connectivity index (χ0v) is 9.20. The molecule has 0 amide bonds. The van der Waals surface area contributed by atoms with Gasteiger partial charge in [0.2, 0.25) is 0 Å². The molecule has 0 saturated carbocycles. The number of benzene rings is 1. The van der Waals surface area contributed by atoms with Crippen LogP contribution < -0.4 is 0 Å². The Labute approximate surface area is 94.1 Å². The van der Waals surface area contributed by atoms with Gasteiger partial charge in [-0.2, -0.15) is 5.10 Å². The van der Waals surface area contributed by atoms with E-state index in [1.54, 1.807) is 12.1 Å². The van der Waals surface area contributed by atoms with Crippen molar-refractivity contribution in [1.29, 1.82) is 0 Å². The second-order valence-electron chi connectivity index (χ2n) is 3.08. The monoisotopic (exact) mass is 270 g/mol. The van der Waals surface area contributed by atoms with Crippen LogP contribution in [0.2, 0.25) is 0 Å². The van der Waals surface area contributed by atoms with E-state index in [9.17, 15) is 9.50 Å². The number of hydrogen-bond donors (Lipinski definition) is 2. The van der Waals surface area contributed by atoms with Crippen molar-refractivity contribution in [2.24, 2.45) is 0 Å². The van der Waals surface area contributed by atoms with Crippen LogP contribution in [0.4, 0.5) is 4.39 Å². The van der Waals surface area contributed by atoms with Crippen LogP contribution in [0.1, 0.15) is 17.2 Å². The summed E-state index contributed by atoms with van der Waals surface area (Å²) in [6, 6.07) is 4.80. The van der Waals surface area contributed by atoms with Crippen molar-refractivity contribution in [2.75, 3.05) is 0 Å². The summed E-state index contributed by atoms with van der Waals surface area (Å²) in [4.78, 5) is 0. The number of aromatic amines is 1. The highest BCUT2D eigenvalue weighted by atomic mass is 79.9. The van der Waals surface area contributed by atoms with Crippen LogP contribution in [0.5, 0.6) is 0 Å². The fourth-order valence-electron chi connectivity index (χ4n) is 1.32.